The number of carbonyl (C=O) groups is 1. The van der Waals surface area contributed by atoms with Gasteiger partial charge in [0.25, 0.3) is 0 Å². The second-order valence-electron chi connectivity index (χ2n) is 6.17. The Balaban J connectivity index is 3.04. The van der Waals surface area contributed by atoms with Crippen LogP contribution in [-0.2, 0) is 18.4 Å². The molecule has 23 heavy (non-hydrogen) atoms. The summed E-state index contributed by atoms with van der Waals surface area (Å²) in [5.74, 6) is -1.10. The highest BCUT2D eigenvalue weighted by atomic mass is 31.2. The third-order valence-corrected chi connectivity index (χ3v) is 5.53. The number of ketones is 1. The summed E-state index contributed by atoms with van der Waals surface area (Å²) < 4.78 is 23.9. The van der Waals surface area contributed by atoms with Crippen LogP contribution in [0.1, 0.15) is 46.3 Å². The normalized spacial score (nSPS) is 15.0. The lowest BCUT2D eigenvalue weighted by Crippen LogP contribution is -2.26. The summed E-state index contributed by atoms with van der Waals surface area (Å²) in [6.07, 6.45) is -1.80. The van der Waals surface area contributed by atoms with Crippen LogP contribution >= 0.6 is 7.60 Å². The molecule has 0 aromatic heterocycles. The van der Waals surface area contributed by atoms with E-state index in [1.165, 1.54) is 6.92 Å². The summed E-state index contributed by atoms with van der Waals surface area (Å²) in [6.45, 7) is 8.41. The van der Waals surface area contributed by atoms with E-state index < -0.39 is 19.6 Å². The molecule has 6 heteroatoms. The van der Waals surface area contributed by atoms with Crippen LogP contribution < -0.4 is 0 Å². The molecule has 0 radical (unpaired) electrons. The Labute approximate surface area is 138 Å². The first-order valence-corrected chi connectivity index (χ1v) is 9.56. The van der Waals surface area contributed by atoms with Gasteiger partial charge in [-0.2, -0.15) is 0 Å². The number of carbonyl (C=O) groups excluding carboxylic acids is 1. The van der Waals surface area contributed by atoms with E-state index in [9.17, 15) is 14.5 Å². The minimum atomic E-state index is -3.50. The zero-order chi connectivity index (χ0) is 17.6. The molecule has 0 amide bonds. The number of benzene rings is 1. The molecule has 130 valence electrons. The van der Waals surface area contributed by atoms with Gasteiger partial charge >= 0.3 is 7.60 Å². The fraction of sp³-hybridized carbons (Fsp3) is 0.588. The summed E-state index contributed by atoms with van der Waals surface area (Å²) in [5, 5.41) is 10.5. The molecule has 1 rings (SSSR count). The number of hydrogen-bond donors (Lipinski definition) is 1. The molecular formula is C17H27O5P. The maximum absolute atomic E-state index is 13.0. The van der Waals surface area contributed by atoms with Gasteiger partial charge in [0.15, 0.2) is 0 Å². The smallest absolute Gasteiger partial charge is 0.332 e. The van der Waals surface area contributed by atoms with E-state index in [1.807, 2.05) is 6.07 Å². The lowest BCUT2D eigenvalue weighted by atomic mass is 9.94. The Kier molecular flexibility index (Phi) is 7.62. The molecule has 0 aliphatic heterocycles. The zero-order valence-corrected chi connectivity index (χ0v) is 15.3. The van der Waals surface area contributed by atoms with Gasteiger partial charge in [-0.1, -0.05) is 30.3 Å². The first-order chi connectivity index (χ1) is 10.6. The fourth-order valence-corrected chi connectivity index (χ4v) is 4.77. The van der Waals surface area contributed by atoms with Crippen LogP contribution in [0.4, 0.5) is 0 Å². The molecule has 1 aromatic carbocycles. The van der Waals surface area contributed by atoms with Crippen molar-refractivity contribution in [3.63, 3.8) is 0 Å². The Morgan fingerprint density at radius 3 is 1.96 bits per heavy atom. The van der Waals surface area contributed by atoms with E-state index in [1.54, 1.807) is 52.0 Å². The van der Waals surface area contributed by atoms with Crippen LogP contribution in [0.5, 0.6) is 0 Å². The highest BCUT2D eigenvalue weighted by Gasteiger charge is 2.37. The van der Waals surface area contributed by atoms with E-state index in [0.29, 0.717) is 5.56 Å². The minimum absolute atomic E-state index is 0.144. The first-order valence-electron chi connectivity index (χ1n) is 7.84. The fourth-order valence-electron chi connectivity index (χ4n) is 2.33. The highest BCUT2D eigenvalue weighted by molar-refractivity contribution is 7.53. The van der Waals surface area contributed by atoms with Crippen molar-refractivity contribution in [2.75, 3.05) is 6.16 Å². The van der Waals surface area contributed by atoms with Crippen molar-refractivity contribution >= 4 is 13.4 Å². The summed E-state index contributed by atoms with van der Waals surface area (Å²) in [5.41, 5.74) is 0.605. The van der Waals surface area contributed by atoms with Crippen molar-refractivity contribution in [3.8, 4) is 0 Å². The van der Waals surface area contributed by atoms with E-state index in [0.717, 1.165) is 0 Å². The van der Waals surface area contributed by atoms with Crippen LogP contribution in [0.3, 0.4) is 0 Å². The lowest BCUT2D eigenvalue weighted by Gasteiger charge is -2.28. The van der Waals surface area contributed by atoms with Gasteiger partial charge < -0.3 is 14.2 Å². The number of hydrogen-bond acceptors (Lipinski definition) is 5. The Morgan fingerprint density at radius 1 is 1.09 bits per heavy atom. The minimum Gasteiger partial charge on any atom is -0.388 e. The van der Waals surface area contributed by atoms with E-state index in [2.05, 4.69) is 0 Å². The van der Waals surface area contributed by atoms with Gasteiger partial charge in [-0.15, -0.1) is 0 Å². The molecule has 0 saturated carbocycles. The van der Waals surface area contributed by atoms with Crippen LogP contribution in [-0.4, -0.2) is 29.3 Å². The molecule has 0 bridgehead atoms. The SMILES string of the molecule is CC(=O)[C@H](CP(=O)(OC(C)C)OC(C)C)[C@H](O)c1ccccc1. The second kappa shape index (κ2) is 8.74. The van der Waals surface area contributed by atoms with Crippen molar-refractivity contribution in [2.45, 2.75) is 52.9 Å². The van der Waals surface area contributed by atoms with Gasteiger partial charge in [-0.05, 0) is 40.2 Å². The van der Waals surface area contributed by atoms with Gasteiger partial charge in [-0.25, -0.2) is 0 Å². The van der Waals surface area contributed by atoms with Crippen molar-refractivity contribution in [3.05, 3.63) is 35.9 Å². The van der Waals surface area contributed by atoms with E-state index in [4.69, 9.17) is 9.05 Å². The molecule has 2 atom stereocenters. The summed E-state index contributed by atoms with van der Waals surface area (Å²) >= 11 is 0. The first kappa shape index (κ1) is 20.0. The standard InChI is InChI=1S/C17H27O5P/c1-12(2)21-23(20,22-13(3)4)11-16(14(5)18)17(19)15-9-7-6-8-10-15/h6-10,12-13,16-17,19H,11H2,1-5H3/t16-,17+/m0/s1. The number of aliphatic hydroxyl groups excluding tert-OH is 1. The van der Waals surface area contributed by atoms with Gasteiger partial charge in [0.2, 0.25) is 0 Å². The molecular weight excluding hydrogens is 315 g/mol. The predicted octanol–water partition coefficient (Wildman–Crippen LogP) is 3.97. The summed E-state index contributed by atoms with van der Waals surface area (Å²) in [6, 6.07) is 8.86. The molecule has 0 saturated heterocycles. The van der Waals surface area contributed by atoms with E-state index >= 15 is 0 Å². The topological polar surface area (TPSA) is 72.8 Å². The van der Waals surface area contributed by atoms with Crippen LogP contribution in [0.15, 0.2) is 30.3 Å². The van der Waals surface area contributed by atoms with Gasteiger partial charge in [0, 0.05) is 0 Å². The van der Waals surface area contributed by atoms with Crippen LogP contribution in [0, 0.1) is 5.92 Å². The molecule has 1 aromatic rings. The third kappa shape index (κ3) is 6.56. The number of Topliss-reactive ketones (excluding diaryl/α,β-unsaturated/α-hetero) is 1. The molecule has 0 unspecified atom stereocenters. The molecule has 0 heterocycles. The van der Waals surface area contributed by atoms with Gasteiger partial charge in [-0.3, -0.25) is 9.36 Å². The molecule has 0 aliphatic carbocycles. The Bertz CT molecular complexity index is 527. The molecule has 0 spiro atoms. The maximum Gasteiger partial charge on any atom is 0.332 e. The monoisotopic (exact) mass is 342 g/mol. The highest BCUT2D eigenvalue weighted by Crippen LogP contribution is 2.53. The molecule has 0 aliphatic rings. The van der Waals surface area contributed by atoms with Gasteiger partial charge in [0.05, 0.1) is 30.4 Å². The van der Waals surface area contributed by atoms with Crippen molar-refractivity contribution in [1.82, 2.24) is 0 Å². The summed E-state index contributed by atoms with van der Waals surface area (Å²) in [7, 11) is -3.50. The zero-order valence-electron chi connectivity index (χ0n) is 14.4. The van der Waals surface area contributed by atoms with Crippen molar-refractivity contribution in [2.24, 2.45) is 5.92 Å². The molecule has 0 fully saturated rings. The van der Waals surface area contributed by atoms with Crippen molar-refractivity contribution in [1.29, 1.82) is 0 Å². The average Bonchev–Trinajstić information content (AvgIpc) is 2.43. The third-order valence-electron chi connectivity index (χ3n) is 3.21. The summed E-state index contributed by atoms with van der Waals surface area (Å²) in [4.78, 5) is 12.0. The van der Waals surface area contributed by atoms with Gasteiger partial charge in [0.1, 0.15) is 5.78 Å². The lowest BCUT2D eigenvalue weighted by molar-refractivity contribution is -0.123. The van der Waals surface area contributed by atoms with Crippen LogP contribution in [0.2, 0.25) is 0 Å². The van der Waals surface area contributed by atoms with E-state index in [-0.39, 0.29) is 24.2 Å². The molecule has 5 nitrogen and oxygen atoms in total. The maximum atomic E-state index is 13.0. The number of rotatable bonds is 9. The van der Waals surface area contributed by atoms with Crippen molar-refractivity contribution < 1.29 is 23.5 Å². The average molecular weight is 342 g/mol. The quantitative estimate of drug-likeness (QED) is 0.688. The Morgan fingerprint density at radius 2 is 1.57 bits per heavy atom. The predicted molar refractivity (Wildman–Crippen MR) is 90.5 cm³/mol. The van der Waals surface area contributed by atoms with Crippen LogP contribution in [0.25, 0.3) is 0 Å². The largest absolute Gasteiger partial charge is 0.388 e. The Hall–Kier alpha value is -1.00. The second-order valence-corrected chi connectivity index (χ2v) is 8.18. The molecule has 1 N–H and O–H groups in total. The number of aliphatic hydroxyl groups is 1.